The van der Waals surface area contributed by atoms with Crippen molar-refractivity contribution in [3.05, 3.63) is 66.4 Å². The molecule has 2 aromatic rings. The Morgan fingerprint density at radius 3 is 2.82 bits per heavy atom. The van der Waals surface area contributed by atoms with Crippen molar-refractivity contribution >= 4 is 17.5 Å². The maximum atomic E-state index is 12.0. The second-order valence-corrected chi connectivity index (χ2v) is 6.65. The van der Waals surface area contributed by atoms with E-state index < -0.39 is 0 Å². The lowest BCUT2D eigenvalue weighted by molar-refractivity contribution is -0.120. The van der Waals surface area contributed by atoms with Crippen LogP contribution in [0.4, 0.5) is 0 Å². The zero-order valence-corrected chi connectivity index (χ0v) is 13.4. The molecule has 1 aliphatic rings. The predicted molar refractivity (Wildman–Crippen MR) is 90.0 cm³/mol. The van der Waals surface area contributed by atoms with Gasteiger partial charge in [0.05, 0.1) is 0 Å². The Morgan fingerprint density at radius 1 is 1.23 bits per heavy atom. The zero-order valence-electron chi connectivity index (χ0n) is 12.5. The summed E-state index contributed by atoms with van der Waals surface area (Å²) in [5.74, 6) is 2.47. The normalized spacial score (nSPS) is 21.2. The molecule has 0 saturated heterocycles. The first-order chi connectivity index (χ1) is 10.8. The summed E-state index contributed by atoms with van der Waals surface area (Å²) >= 11 is 1.70. The predicted octanol–water partition coefficient (Wildman–Crippen LogP) is 5.21. The van der Waals surface area contributed by atoms with Crippen LogP contribution >= 0.6 is 11.8 Å². The lowest BCUT2D eigenvalue weighted by Gasteiger charge is -2.14. The maximum absolute atomic E-state index is 12.0. The van der Waals surface area contributed by atoms with Crippen molar-refractivity contribution in [2.75, 3.05) is 0 Å². The van der Waals surface area contributed by atoms with E-state index in [1.165, 1.54) is 5.56 Å². The first-order valence-electron chi connectivity index (χ1n) is 7.68. The highest BCUT2D eigenvalue weighted by Crippen LogP contribution is 2.41. The van der Waals surface area contributed by atoms with Gasteiger partial charge in [0.1, 0.15) is 11.5 Å². The highest BCUT2D eigenvalue weighted by Gasteiger charge is 2.36. The van der Waals surface area contributed by atoms with Crippen molar-refractivity contribution in [1.29, 1.82) is 0 Å². The second-order valence-electron chi connectivity index (χ2n) is 5.67. The molecular formula is C19H20O2S. The Bertz CT molecular complexity index is 644. The smallest absolute Gasteiger partial charge is 0.160 e. The third kappa shape index (κ3) is 3.36. The lowest BCUT2D eigenvalue weighted by atomic mass is 9.90. The molecule has 0 bridgehead atoms. The molecule has 2 atom stereocenters. The van der Waals surface area contributed by atoms with Crippen LogP contribution in [0.1, 0.15) is 36.5 Å². The lowest BCUT2D eigenvalue weighted by Crippen LogP contribution is -2.11. The third-order valence-corrected chi connectivity index (χ3v) is 5.19. The molecule has 0 N–H and O–H groups in total. The van der Waals surface area contributed by atoms with Crippen LogP contribution in [0.3, 0.4) is 0 Å². The third-order valence-electron chi connectivity index (χ3n) is 4.21. The van der Waals surface area contributed by atoms with Gasteiger partial charge in [-0.3, -0.25) is 4.79 Å². The molecule has 0 aliphatic heterocycles. The van der Waals surface area contributed by atoms with Crippen LogP contribution in [0.15, 0.2) is 64.6 Å². The van der Waals surface area contributed by atoms with Crippen LogP contribution in [0, 0.1) is 5.92 Å². The molecular weight excluding hydrogens is 292 g/mol. The number of ketones is 1. The summed E-state index contributed by atoms with van der Waals surface area (Å²) in [5, 5.41) is 0.926. The van der Waals surface area contributed by atoms with Gasteiger partial charge in [0.2, 0.25) is 0 Å². The van der Waals surface area contributed by atoms with Crippen molar-refractivity contribution < 1.29 is 9.21 Å². The number of allylic oxidation sites excluding steroid dienone is 1. The second kappa shape index (κ2) is 7.01. The SMILES string of the molecule is C=CC[C@@H]1C(=O)CC[C@H]1c1ccc(SCc2ccccc2)o1. The average molecular weight is 312 g/mol. The zero-order chi connectivity index (χ0) is 15.4. The molecule has 1 heterocycles. The summed E-state index contributed by atoms with van der Waals surface area (Å²) < 4.78 is 5.99. The molecule has 0 amide bonds. The van der Waals surface area contributed by atoms with Gasteiger partial charge in [-0.25, -0.2) is 0 Å². The van der Waals surface area contributed by atoms with Gasteiger partial charge in [0, 0.05) is 24.0 Å². The molecule has 22 heavy (non-hydrogen) atoms. The number of benzene rings is 1. The molecule has 114 valence electrons. The minimum absolute atomic E-state index is 0.0515. The summed E-state index contributed by atoms with van der Waals surface area (Å²) in [6.07, 6.45) is 4.15. The van der Waals surface area contributed by atoms with Crippen LogP contribution in [0.2, 0.25) is 0 Å². The standard InChI is InChI=1S/C19H20O2S/c1-2-6-15-16(9-10-17(15)20)18-11-12-19(21-18)22-13-14-7-4-3-5-8-14/h2-5,7-8,11-12,15-16H,1,6,9-10,13H2/t15-,16+/m0/s1. The van der Waals surface area contributed by atoms with Gasteiger partial charge in [-0.2, -0.15) is 0 Å². The van der Waals surface area contributed by atoms with Crippen molar-refractivity contribution in [2.24, 2.45) is 5.92 Å². The van der Waals surface area contributed by atoms with Gasteiger partial charge in [-0.1, -0.05) is 48.2 Å². The molecule has 3 heteroatoms. The van der Waals surface area contributed by atoms with Gasteiger partial charge in [-0.05, 0) is 30.5 Å². The molecule has 0 unspecified atom stereocenters. The van der Waals surface area contributed by atoms with Crippen molar-refractivity contribution in [1.82, 2.24) is 0 Å². The number of furan rings is 1. The number of thioether (sulfide) groups is 1. The molecule has 1 saturated carbocycles. The number of carbonyl (C=O) groups is 1. The highest BCUT2D eigenvalue weighted by atomic mass is 32.2. The van der Waals surface area contributed by atoms with E-state index in [4.69, 9.17) is 4.42 Å². The molecule has 1 aliphatic carbocycles. The molecule has 1 aromatic heterocycles. The summed E-state index contributed by atoms with van der Waals surface area (Å²) in [7, 11) is 0. The topological polar surface area (TPSA) is 30.2 Å². The molecule has 2 nitrogen and oxygen atoms in total. The molecule has 1 fully saturated rings. The number of Topliss-reactive ketones (excluding diaryl/α,β-unsaturated/α-hetero) is 1. The van der Waals surface area contributed by atoms with Gasteiger partial charge < -0.3 is 4.42 Å². The van der Waals surface area contributed by atoms with E-state index in [0.717, 1.165) is 29.4 Å². The van der Waals surface area contributed by atoms with Crippen molar-refractivity contribution in [3.8, 4) is 0 Å². The van der Waals surface area contributed by atoms with Crippen LogP contribution in [0.5, 0.6) is 0 Å². The first-order valence-corrected chi connectivity index (χ1v) is 8.66. The number of hydrogen-bond acceptors (Lipinski definition) is 3. The largest absolute Gasteiger partial charge is 0.455 e. The molecule has 3 rings (SSSR count). The van der Waals surface area contributed by atoms with E-state index in [2.05, 4.69) is 18.7 Å². The Kier molecular flexibility index (Phi) is 4.84. The number of carbonyl (C=O) groups excluding carboxylic acids is 1. The average Bonchev–Trinajstić information content (AvgIpc) is 3.14. The van der Waals surface area contributed by atoms with Gasteiger partial charge in [0.15, 0.2) is 5.09 Å². The Balaban J connectivity index is 1.66. The minimum Gasteiger partial charge on any atom is -0.455 e. The summed E-state index contributed by atoms with van der Waals surface area (Å²) in [6, 6.07) is 14.4. The molecule has 1 aromatic carbocycles. The fourth-order valence-electron chi connectivity index (χ4n) is 3.06. The maximum Gasteiger partial charge on any atom is 0.160 e. The number of hydrogen-bond donors (Lipinski definition) is 0. The van der Waals surface area contributed by atoms with E-state index in [1.54, 1.807) is 11.8 Å². The monoisotopic (exact) mass is 312 g/mol. The van der Waals surface area contributed by atoms with Crippen molar-refractivity contribution in [3.63, 3.8) is 0 Å². The summed E-state index contributed by atoms with van der Waals surface area (Å²) in [6.45, 7) is 3.77. The summed E-state index contributed by atoms with van der Waals surface area (Å²) in [4.78, 5) is 12.0. The highest BCUT2D eigenvalue weighted by molar-refractivity contribution is 7.98. The van der Waals surface area contributed by atoms with Crippen molar-refractivity contribution in [2.45, 2.75) is 36.0 Å². The molecule has 0 radical (unpaired) electrons. The van der Waals surface area contributed by atoms with E-state index in [-0.39, 0.29) is 11.8 Å². The first kappa shape index (κ1) is 15.2. The Labute approximate surface area is 135 Å². The van der Waals surface area contributed by atoms with Crippen LogP contribution in [-0.2, 0) is 10.5 Å². The quantitative estimate of drug-likeness (QED) is 0.542. The summed E-state index contributed by atoms with van der Waals surface area (Å²) in [5.41, 5.74) is 1.28. The van der Waals surface area contributed by atoms with E-state index in [1.807, 2.05) is 36.4 Å². The molecule has 0 spiro atoms. The Morgan fingerprint density at radius 2 is 2.05 bits per heavy atom. The van der Waals surface area contributed by atoms with E-state index >= 15 is 0 Å². The van der Waals surface area contributed by atoms with Gasteiger partial charge in [-0.15, -0.1) is 6.58 Å². The van der Waals surface area contributed by atoms with Crippen LogP contribution < -0.4 is 0 Å². The minimum atomic E-state index is 0.0515. The van der Waals surface area contributed by atoms with Crippen LogP contribution in [0.25, 0.3) is 0 Å². The van der Waals surface area contributed by atoms with E-state index in [9.17, 15) is 4.79 Å². The van der Waals surface area contributed by atoms with Gasteiger partial charge in [0.25, 0.3) is 0 Å². The van der Waals surface area contributed by atoms with E-state index in [0.29, 0.717) is 12.2 Å². The fourth-order valence-corrected chi connectivity index (χ4v) is 3.89. The Hall–Kier alpha value is -1.74. The fraction of sp³-hybridized carbons (Fsp3) is 0.316. The van der Waals surface area contributed by atoms with Gasteiger partial charge >= 0.3 is 0 Å². The number of rotatable bonds is 6. The van der Waals surface area contributed by atoms with Crippen LogP contribution in [-0.4, -0.2) is 5.78 Å².